The number of pyridine rings is 1. The molecule has 0 radical (unpaired) electrons. The van der Waals surface area contributed by atoms with Gasteiger partial charge in [-0.1, -0.05) is 48.0 Å². The number of amides is 1. The van der Waals surface area contributed by atoms with E-state index in [1.54, 1.807) is 18.5 Å². The Morgan fingerprint density at radius 2 is 1.88 bits per heavy atom. The number of nitrogens with zero attached hydrogens (tertiary/aromatic N) is 2. The van der Waals surface area contributed by atoms with Crippen molar-refractivity contribution in [2.24, 2.45) is 0 Å². The van der Waals surface area contributed by atoms with Crippen molar-refractivity contribution in [3.05, 3.63) is 88.7 Å². The maximum Gasteiger partial charge on any atom is 0.257 e. The van der Waals surface area contributed by atoms with Crippen LogP contribution in [-0.2, 0) is 6.54 Å². The van der Waals surface area contributed by atoms with Gasteiger partial charge in [0.1, 0.15) is 0 Å². The summed E-state index contributed by atoms with van der Waals surface area (Å²) in [7, 11) is 1.98. The minimum atomic E-state index is -0.215. The lowest BCUT2D eigenvalue weighted by Gasteiger charge is -2.19. The summed E-state index contributed by atoms with van der Waals surface area (Å²) in [6, 6.07) is 17.4. The monoisotopic (exact) mass is 365 g/mol. The van der Waals surface area contributed by atoms with E-state index in [4.69, 9.17) is 11.6 Å². The molecule has 1 N–H and O–H groups in total. The van der Waals surface area contributed by atoms with Gasteiger partial charge in [0, 0.05) is 30.5 Å². The summed E-state index contributed by atoms with van der Waals surface area (Å²) in [5, 5.41) is 3.48. The van der Waals surface area contributed by atoms with Gasteiger partial charge in [0.2, 0.25) is 0 Å². The van der Waals surface area contributed by atoms with Crippen LogP contribution in [0.4, 0.5) is 11.4 Å². The van der Waals surface area contributed by atoms with Crippen molar-refractivity contribution < 1.29 is 4.79 Å². The molecule has 1 amide bonds. The molecule has 0 spiro atoms. The molecule has 26 heavy (non-hydrogen) atoms. The quantitative estimate of drug-likeness (QED) is 0.697. The number of aryl methyl sites for hydroxylation is 1. The highest BCUT2D eigenvalue weighted by Crippen LogP contribution is 2.21. The van der Waals surface area contributed by atoms with Crippen molar-refractivity contribution in [1.29, 1.82) is 0 Å². The Morgan fingerprint density at radius 1 is 1.12 bits per heavy atom. The van der Waals surface area contributed by atoms with Crippen molar-refractivity contribution in [2.75, 3.05) is 17.3 Å². The fourth-order valence-corrected chi connectivity index (χ4v) is 2.76. The molecule has 0 saturated carbocycles. The van der Waals surface area contributed by atoms with Crippen LogP contribution >= 0.6 is 11.6 Å². The molecule has 0 aliphatic carbocycles. The molecule has 5 heteroatoms. The summed E-state index contributed by atoms with van der Waals surface area (Å²) in [5.41, 5.74) is 4.20. The Kier molecular flexibility index (Phi) is 5.54. The first-order chi connectivity index (χ1) is 12.5. The highest BCUT2D eigenvalue weighted by Gasteiger charge is 2.10. The number of aromatic nitrogens is 1. The lowest BCUT2D eigenvalue weighted by molar-refractivity contribution is 0.102. The lowest BCUT2D eigenvalue weighted by Crippen LogP contribution is -2.18. The highest BCUT2D eigenvalue weighted by molar-refractivity contribution is 6.31. The molecule has 0 atom stereocenters. The zero-order valence-electron chi connectivity index (χ0n) is 14.7. The summed E-state index contributed by atoms with van der Waals surface area (Å²) in [6.07, 6.45) is 3.31. The van der Waals surface area contributed by atoms with Gasteiger partial charge in [-0.15, -0.1) is 0 Å². The fourth-order valence-electron chi connectivity index (χ4n) is 2.58. The topological polar surface area (TPSA) is 45.2 Å². The van der Waals surface area contributed by atoms with Gasteiger partial charge in [-0.05, 0) is 36.2 Å². The largest absolute Gasteiger partial charge is 0.369 e. The second kappa shape index (κ2) is 8.02. The summed E-state index contributed by atoms with van der Waals surface area (Å²) in [5.74, 6) is -0.215. The van der Waals surface area contributed by atoms with Crippen molar-refractivity contribution in [2.45, 2.75) is 13.5 Å². The first-order valence-corrected chi connectivity index (χ1v) is 8.68. The Bertz CT molecular complexity index is 912. The Hall–Kier alpha value is -2.85. The number of carbonyl (C=O) groups excluding carboxylic acids is 1. The third-order valence-electron chi connectivity index (χ3n) is 4.12. The predicted molar refractivity (Wildman–Crippen MR) is 107 cm³/mol. The molecule has 4 nitrogen and oxygen atoms in total. The van der Waals surface area contributed by atoms with Crippen molar-refractivity contribution in [3.63, 3.8) is 0 Å². The zero-order valence-corrected chi connectivity index (χ0v) is 15.5. The third kappa shape index (κ3) is 4.41. The van der Waals surface area contributed by atoms with E-state index in [0.29, 0.717) is 16.3 Å². The van der Waals surface area contributed by atoms with E-state index in [-0.39, 0.29) is 5.91 Å². The van der Waals surface area contributed by atoms with Gasteiger partial charge in [-0.25, -0.2) is 0 Å². The third-order valence-corrected chi connectivity index (χ3v) is 4.53. The van der Waals surface area contributed by atoms with E-state index >= 15 is 0 Å². The molecule has 3 rings (SSSR count). The molecule has 2 aromatic carbocycles. The summed E-state index contributed by atoms with van der Waals surface area (Å²) in [6.45, 7) is 2.66. The average molecular weight is 366 g/mol. The maximum absolute atomic E-state index is 12.5. The summed E-state index contributed by atoms with van der Waals surface area (Å²) < 4.78 is 0. The van der Waals surface area contributed by atoms with Crippen LogP contribution in [0.3, 0.4) is 0 Å². The molecule has 132 valence electrons. The maximum atomic E-state index is 12.5. The van der Waals surface area contributed by atoms with Crippen LogP contribution in [0.25, 0.3) is 0 Å². The number of hydrogen-bond donors (Lipinski definition) is 1. The van der Waals surface area contributed by atoms with E-state index in [0.717, 1.165) is 17.8 Å². The van der Waals surface area contributed by atoms with Crippen molar-refractivity contribution in [3.8, 4) is 0 Å². The molecule has 0 unspecified atom stereocenters. The van der Waals surface area contributed by atoms with Crippen molar-refractivity contribution in [1.82, 2.24) is 4.98 Å². The molecular formula is C21H20ClN3O. The standard InChI is InChI=1S/C21H20ClN3O/c1-15-8-9-18(11-20(15)22)24-21(26)17-10-19(13-23-12-17)25(2)14-16-6-4-3-5-7-16/h3-13H,14H2,1-2H3,(H,24,26). The van der Waals surface area contributed by atoms with E-state index in [1.165, 1.54) is 5.56 Å². The second-order valence-electron chi connectivity index (χ2n) is 6.19. The number of anilines is 2. The number of benzene rings is 2. The van der Waals surface area contributed by atoms with Crippen LogP contribution in [0.5, 0.6) is 0 Å². The first-order valence-electron chi connectivity index (χ1n) is 8.30. The second-order valence-corrected chi connectivity index (χ2v) is 6.60. The van der Waals surface area contributed by atoms with E-state index in [1.807, 2.05) is 50.4 Å². The molecule has 3 aromatic rings. The van der Waals surface area contributed by atoms with Crippen LogP contribution < -0.4 is 10.2 Å². The van der Waals surface area contributed by atoms with Crippen LogP contribution in [0.2, 0.25) is 5.02 Å². The van der Waals surface area contributed by atoms with Crippen LogP contribution in [-0.4, -0.2) is 17.9 Å². The number of nitrogens with one attached hydrogen (secondary N) is 1. The molecule has 1 aromatic heterocycles. The smallest absolute Gasteiger partial charge is 0.257 e. The SMILES string of the molecule is Cc1ccc(NC(=O)c2cncc(N(C)Cc3ccccc3)c2)cc1Cl. The molecular weight excluding hydrogens is 346 g/mol. The lowest BCUT2D eigenvalue weighted by atomic mass is 10.2. The molecule has 0 aliphatic rings. The number of hydrogen-bond acceptors (Lipinski definition) is 3. The van der Waals surface area contributed by atoms with Gasteiger partial charge in [-0.3, -0.25) is 9.78 Å². The molecule has 1 heterocycles. The van der Waals surface area contributed by atoms with Crippen LogP contribution in [0, 0.1) is 6.92 Å². The van der Waals surface area contributed by atoms with Crippen LogP contribution in [0.1, 0.15) is 21.5 Å². The van der Waals surface area contributed by atoms with Gasteiger partial charge >= 0.3 is 0 Å². The minimum Gasteiger partial charge on any atom is -0.369 e. The van der Waals surface area contributed by atoms with Gasteiger partial charge in [-0.2, -0.15) is 0 Å². The normalized spacial score (nSPS) is 10.4. The average Bonchev–Trinajstić information content (AvgIpc) is 2.65. The fraction of sp³-hybridized carbons (Fsp3) is 0.143. The van der Waals surface area contributed by atoms with E-state index in [9.17, 15) is 4.79 Å². The minimum absolute atomic E-state index is 0.215. The van der Waals surface area contributed by atoms with Gasteiger partial charge < -0.3 is 10.2 Å². The molecule has 0 fully saturated rings. The van der Waals surface area contributed by atoms with Crippen LogP contribution in [0.15, 0.2) is 67.0 Å². The number of rotatable bonds is 5. The van der Waals surface area contributed by atoms with E-state index < -0.39 is 0 Å². The summed E-state index contributed by atoms with van der Waals surface area (Å²) in [4.78, 5) is 18.8. The van der Waals surface area contributed by atoms with E-state index in [2.05, 4.69) is 27.3 Å². The highest BCUT2D eigenvalue weighted by atomic mass is 35.5. The molecule has 0 saturated heterocycles. The molecule has 0 aliphatic heterocycles. The predicted octanol–water partition coefficient (Wildman–Crippen LogP) is 4.93. The Labute approximate surface area is 158 Å². The Balaban J connectivity index is 1.73. The number of carbonyl (C=O) groups is 1. The first kappa shape index (κ1) is 18.0. The van der Waals surface area contributed by atoms with Gasteiger partial charge in [0.15, 0.2) is 0 Å². The Morgan fingerprint density at radius 3 is 2.62 bits per heavy atom. The molecule has 0 bridgehead atoms. The summed E-state index contributed by atoms with van der Waals surface area (Å²) >= 11 is 6.12. The van der Waals surface area contributed by atoms with Gasteiger partial charge in [0.05, 0.1) is 17.4 Å². The van der Waals surface area contributed by atoms with Crippen molar-refractivity contribution >= 4 is 28.9 Å². The van der Waals surface area contributed by atoms with Gasteiger partial charge in [0.25, 0.3) is 5.91 Å². The number of halogens is 1. The zero-order chi connectivity index (χ0) is 18.5.